The van der Waals surface area contributed by atoms with Gasteiger partial charge in [0, 0.05) is 30.1 Å². The number of para-hydroxylation sites is 2. The molecule has 1 amide bonds. The van der Waals surface area contributed by atoms with Crippen molar-refractivity contribution in [1.29, 1.82) is 5.26 Å². The minimum atomic E-state index is -0.302. The highest BCUT2D eigenvalue weighted by atomic mass is 16.5. The summed E-state index contributed by atoms with van der Waals surface area (Å²) in [6.45, 7) is 4.67. The minimum absolute atomic E-state index is 0.146. The number of carbonyl (C=O) groups is 1. The number of benzene rings is 2. The molecule has 1 aliphatic rings. The second-order valence-corrected chi connectivity index (χ2v) is 8.51. The molecule has 0 saturated heterocycles. The minimum Gasteiger partial charge on any atom is -0.496 e. The standard InChI is InChI=1S/C27H33N5O3/c1-4-17-29-26(31-19-28)32-20-13-15-27(16-14-20,22-10-6-8-12-24(22)35-3)18-30-25(33)21-9-5-7-11-23(21)34-2/h4-12,20H,1,13-18H2,2-3H3,(H,30,33)(H2,29,31,32)/t20-,27-. The molecule has 1 saturated carbocycles. The van der Waals surface area contributed by atoms with Crippen LogP contribution in [0.25, 0.3) is 0 Å². The SMILES string of the molecule is C=CCN/C(=N\C#N)N[C@H]1CC[C@](CNC(=O)c2ccccc2OC)(c2ccccc2OC)CC1. The summed E-state index contributed by atoms with van der Waals surface area (Å²) >= 11 is 0. The second kappa shape index (κ2) is 12.5. The van der Waals surface area contributed by atoms with E-state index < -0.39 is 0 Å². The highest BCUT2D eigenvalue weighted by molar-refractivity contribution is 5.97. The topological polar surface area (TPSA) is 108 Å². The third-order valence-corrected chi connectivity index (χ3v) is 6.48. The summed E-state index contributed by atoms with van der Waals surface area (Å²) in [7, 11) is 3.23. The molecule has 0 heterocycles. The van der Waals surface area contributed by atoms with Crippen LogP contribution in [0.2, 0.25) is 0 Å². The fourth-order valence-electron chi connectivity index (χ4n) is 4.65. The fraction of sp³-hybridized carbons (Fsp3) is 0.370. The summed E-state index contributed by atoms with van der Waals surface area (Å²) < 4.78 is 11.1. The van der Waals surface area contributed by atoms with Crippen LogP contribution in [0.4, 0.5) is 0 Å². The Morgan fingerprint density at radius 1 is 1.11 bits per heavy atom. The van der Waals surface area contributed by atoms with Crippen LogP contribution in [0, 0.1) is 11.5 Å². The molecule has 1 aliphatic carbocycles. The molecule has 2 aromatic carbocycles. The first-order valence-electron chi connectivity index (χ1n) is 11.7. The van der Waals surface area contributed by atoms with E-state index in [9.17, 15) is 4.79 Å². The Hall–Kier alpha value is -3.99. The number of nitrogens with one attached hydrogen (secondary N) is 3. The Labute approximate surface area is 207 Å². The monoisotopic (exact) mass is 475 g/mol. The van der Waals surface area contributed by atoms with Crippen molar-refractivity contribution in [1.82, 2.24) is 16.0 Å². The Balaban J connectivity index is 1.80. The van der Waals surface area contributed by atoms with Gasteiger partial charge in [0.25, 0.3) is 5.91 Å². The van der Waals surface area contributed by atoms with Gasteiger partial charge in [0.2, 0.25) is 12.2 Å². The molecule has 0 radical (unpaired) electrons. The van der Waals surface area contributed by atoms with Gasteiger partial charge in [0.15, 0.2) is 0 Å². The second-order valence-electron chi connectivity index (χ2n) is 8.51. The number of aliphatic imine (C=N–C) groups is 1. The molecular weight excluding hydrogens is 442 g/mol. The van der Waals surface area contributed by atoms with Gasteiger partial charge in [-0.1, -0.05) is 36.4 Å². The first-order valence-corrected chi connectivity index (χ1v) is 11.7. The van der Waals surface area contributed by atoms with Crippen molar-refractivity contribution >= 4 is 11.9 Å². The Morgan fingerprint density at radius 3 is 2.43 bits per heavy atom. The number of methoxy groups -OCH3 is 2. The number of carbonyl (C=O) groups excluding carboxylic acids is 1. The first-order chi connectivity index (χ1) is 17.1. The Morgan fingerprint density at radius 2 is 1.77 bits per heavy atom. The van der Waals surface area contributed by atoms with Crippen LogP contribution in [-0.2, 0) is 5.41 Å². The highest BCUT2D eigenvalue weighted by Gasteiger charge is 2.39. The molecule has 0 atom stereocenters. The normalized spacial score (nSPS) is 19.7. The van der Waals surface area contributed by atoms with E-state index in [4.69, 9.17) is 14.7 Å². The van der Waals surface area contributed by atoms with E-state index in [2.05, 4.69) is 33.6 Å². The number of hydrogen-bond donors (Lipinski definition) is 3. The van der Waals surface area contributed by atoms with E-state index in [0.29, 0.717) is 30.4 Å². The Kier molecular flexibility index (Phi) is 9.13. The van der Waals surface area contributed by atoms with Crippen LogP contribution < -0.4 is 25.4 Å². The predicted octanol–water partition coefficient (Wildman–Crippen LogP) is 3.52. The van der Waals surface area contributed by atoms with E-state index in [1.165, 1.54) is 0 Å². The van der Waals surface area contributed by atoms with Crippen molar-refractivity contribution < 1.29 is 14.3 Å². The van der Waals surface area contributed by atoms with Gasteiger partial charge in [-0.25, -0.2) is 0 Å². The molecule has 0 spiro atoms. The smallest absolute Gasteiger partial charge is 0.255 e. The van der Waals surface area contributed by atoms with Crippen molar-refractivity contribution in [2.75, 3.05) is 27.3 Å². The molecule has 0 aliphatic heterocycles. The zero-order valence-electron chi connectivity index (χ0n) is 20.3. The largest absolute Gasteiger partial charge is 0.496 e. The lowest BCUT2D eigenvalue weighted by Gasteiger charge is -2.42. The number of nitrogens with zero attached hydrogens (tertiary/aromatic N) is 2. The summed E-state index contributed by atoms with van der Waals surface area (Å²) in [5.74, 6) is 1.63. The maximum Gasteiger partial charge on any atom is 0.255 e. The average Bonchev–Trinajstić information content (AvgIpc) is 2.91. The van der Waals surface area contributed by atoms with Crippen molar-refractivity contribution in [3.05, 3.63) is 72.3 Å². The van der Waals surface area contributed by atoms with Gasteiger partial charge in [-0.3, -0.25) is 4.79 Å². The van der Waals surface area contributed by atoms with Crippen LogP contribution in [0.5, 0.6) is 11.5 Å². The van der Waals surface area contributed by atoms with Crippen LogP contribution in [-0.4, -0.2) is 45.2 Å². The zero-order valence-corrected chi connectivity index (χ0v) is 20.3. The van der Waals surface area contributed by atoms with Crippen LogP contribution >= 0.6 is 0 Å². The number of amides is 1. The molecule has 3 rings (SSSR count). The number of guanidine groups is 1. The van der Waals surface area contributed by atoms with E-state index >= 15 is 0 Å². The lowest BCUT2D eigenvalue weighted by molar-refractivity contribution is 0.0931. The van der Waals surface area contributed by atoms with Gasteiger partial charge in [-0.15, -0.1) is 11.6 Å². The van der Waals surface area contributed by atoms with Gasteiger partial charge in [-0.05, 0) is 43.9 Å². The van der Waals surface area contributed by atoms with Crippen molar-refractivity contribution in [3.63, 3.8) is 0 Å². The van der Waals surface area contributed by atoms with Gasteiger partial charge < -0.3 is 25.4 Å². The predicted molar refractivity (Wildman–Crippen MR) is 137 cm³/mol. The number of nitriles is 1. The van der Waals surface area contributed by atoms with E-state index in [1.807, 2.05) is 36.5 Å². The molecule has 0 unspecified atom stereocenters. The first kappa shape index (κ1) is 25.6. The van der Waals surface area contributed by atoms with E-state index in [-0.39, 0.29) is 17.4 Å². The molecule has 184 valence electrons. The van der Waals surface area contributed by atoms with Gasteiger partial charge in [0.05, 0.1) is 19.8 Å². The van der Waals surface area contributed by atoms with E-state index in [1.54, 1.807) is 32.4 Å². The van der Waals surface area contributed by atoms with Crippen LogP contribution in [0.3, 0.4) is 0 Å². The average molecular weight is 476 g/mol. The Bertz CT molecular complexity index is 1080. The summed E-state index contributed by atoms with van der Waals surface area (Å²) in [4.78, 5) is 16.9. The highest BCUT2D eigenvalue weighted by Crippen LogP contribution is 2.43. The molecule has 0 aromatic heterocycles. The van der Waals surface area contributed by atoms with Crippen LogP contribution in [0.1, 0.15) is 41.6 Å². The van der Waals surface area contributed by atoms with E-state index in [0.717, 1.165) is 37.0 Å². The number of rotatable bonds is 9. The zero-order chi connectivity index (χ0) is 25.1. The quantitative estimate of drug-likeness (QED) is 0.222. The van der Waals surface area contributed by atoms with Crippen LogP contribution in [0.15, 0.2) is 66.2 Å². The molecule has 0 bridgehead atoms. The summed E-state index contributed by atoms with van der Waals surface area (Å²) in [6, 6.07) is 15.3. The van der Waals surface area contributed by atoms with Gasteiger partial charge >= 0.3 is 0 Å². The lowest BCUT2D eigenvalue weighted by atomic mass is 9.67. The molecule has 3 N–H and O–H groups in total. The van der Waals surface area contributed by atoms with Crippen molar-refractivity contribution in [2.24, 2.45) is 4.99 Å². The summed E-state index contributed by atoms with van der Waals surface area (Å²) in [5, 5.41) is 18.6. The maximum atomic E-state index is 13.1. The molecule has 8 nitrogen and oxygen atoms in total. The van der Waals surface area contributed by atoms with Gasteiger partial charge in [0.1, 0.15) is 11.5 Å². The van der Waals surface area contributed by atoms with Crippen molar-refractivity contribution in [2.45, 2.75) is 37.1 Å². The molecule has 1 fully saturated rings. The summed E-state index contributed by atoms with van der Waals surface area (Å²) in [6.07, 6.45) is 6.86. The number of hydrogen-bond acceptors (Lipinski definition) is 5. The number of ether oxygens (including phenoxy) is 2. The third-order valence-electron chi connectivity index (χ3n) is 6.48. The summed E-state index contributed by atoms with van der Waals surface area (Å²) in [5.41, 5.74) is 1.28. The third kappa shape index (κ3) is 6.33. The van der Waals surface area contributed by atoms with Gasteiger partial charge in [-0.2, -0.15) is 5.26 Å². The fourth-order valence-corrected chi connectivity index (χ4v) is 4.65. The molecular formula is C27H33N5O3. The van der Waals surface area contributed by atoms with Crippen molar-refractivity contribution in [3.8, 4) is 17.7 Å². The molecule has 8 heteroatoms. The molecule has 2 aromatic rings. The maximum absolute atomic E-state index is 13.1. The lowest BCUT2D eigenvalue weighted by Crippen LogP contribution is -2.49. The molecule has 35 heavy (non-hydrogen) atoms.